The Morgan fingerprint density at radius 2 is 2.05 bits per heavy atom. The molecule has 110 valence electrons. The van der Waals surface area contributed by atoms with Crippen LogP contribution in [-0.4, -0.2) is 18.1 Å². The fourth-order valence-corrected chi connectivity index (χ4v) is 2.02. The van der Waals surface area contributed by atoms with Crippen LogP contribution in [0.3, 0.4) is 0 Å². The number of aromatic nitrogens is 1. The van der Waals surface area contributed by atoms with Crippen molar-refractivity contribution in [2.45, 2.75) is 13.0 Å². The Morgan fingerprint density at radius 3 is 2.71 bits per heavy atom. The number of pyridine rings is 1. The van der Waals surface area contributed by atoms with Crippen molar-refractivity contribution in [1.82, 2.24) is 10.3 Å². The topological polar surface area (TPSA) is 66.0 Å². The molecule has 3 N–H and O–H groups in total. The van der Waals surface area contributed by atoms with E-state index in [1.165, 1.54) is 0 Å². The van der Waals surface area contributed by atoms with E-state index in [1.807, 2.05) is 37.4 Å². The lowest BCUT2D eigenvalue weighted by atomic mass is 10.1. The van der Waals surface area contributed by atoms with Gasteiger partial charge in [0.25, 0.3) is 0 Å². The molecule has 0 aliphatic rings. The lowest BCUT2D eigenvalue weighted by Crippen LogP contribution is -2.20. The molecule has 0 radical (unpaired) electrons. The lowest BCUT2D eigenvalue weighted by molar-refractivity contribution is 0.262. The number of benzene rings is 1. The molecule has 0 saturated carbocycles. The van der Waals surface area contributed by atoms with Crippen molar-refractivity contribution in [3.05, 3.63) is 52.6 Å². The first-order chi connectivity index (χ1) is 10.1. The van der Waals surface area contributed by atoms with E-state index in [0.717, 1.165) is 15.7 Å². The van der Waals surface area contributed by atoms with Gasteiger partial charge >= 0.3 is 6.03 Å². The molecule has 2 rings (SSSR count). The summed E-state index contributed by atoms with van der Waals surface area (Å²) in [4.78, 5) is 16.0. The predicted molar refractivity (Wildman–Crippen MR) is 88.5 cm³/mol. The zero-order valence-corrected chi connectivity index (χ0v) is 13.4. The predicted octanol–water partition coefficient (Wildman–Crippen LogP) is 3.77. The molecular formula is C15H17BrN4O. The lowest BCUT2D eigenvalue weighted by Gasteiger charge is -2.13. The maximum absolute atomic E-state index is 11.9. The van der Waals surface area contributed by atoms with Gasteiger partial charge < -0.3 is 10.6 Å². The number of amides is 2. The third-order valence-electron chi connectivity index (χ3n) is 3.05. The monoisotopic (exact) mass is 348 g/mol. The largest absolute Gasteiger partial charge is 0.324 e. The van der Waals surface area contributed by atoms with Gasteiger partial charge in [-0.25, -0.2) is 9.78 Å². The first-order valence-electron chi connectivity index (χ1n) is 6.55. The van der Waals surface area contributed by atoms with Crippen LogP contribution in [0.25, 0.3) is 0 Å². The highest BCUT2D eigenvalue weighted by Crippen LogP contribution is 2.17. The number of carbonyl (C=O) groups is 1. The Labute approximate surface area is 132 Å². The van der Waals surface area contributed by atoms with Gasteiger partial charge in [0.2, 0.25) is 0 Å². The number of hydrogen-bond donors (Lipinski definition) is 3. The van der Waals surface area contributed by atoms with Crippen LogP contribution < -0.4 is 16.0 Å². The number of anilines is 2. The maximum atomic E-state index is 11.9. The molecule has 1 aromatic heterocycles. The highest BCUT2D eigenvalue weighted by molar-refractivity contribution is 9.10. The highest BCUT2D eigenvalue weighted by atomic mass is 79.9. The number of nitrogens with zero attached hydrogens (tertiary/aromatic N) is 1. The Balaban J connectivity index is 2.01. The summed E-state index contributed by atoms with van der Waals surface area (Å²) in [5, 5.41) is 8.64. The second kappa shape index (κ2) is 7.19. The average Bonchev–Trinajstić information content (AvgIpc) is 2.49. The first kappa shape index (κ1) is 15.5. The van der Waals surface area contributed by atoms with Crippen molar-refractivity contribution in [3.8, 4) is 0 Å². The summed E-state index contributed by atoms with van der Waals surface area (Å²) in [7, 11) is 1.90. The summed E-state index contributed by atoms with van der Waals surface area (Å²) >= 11 is 3.30. The molecule has 1 aromatic carbocycles. The summed E-state index contributed by atoms with van der Waals surface area (Å²) in [6.45, 7) is 2.06. The molecule has 0 aliphatic heterocycles. The minimum atomic E-state index is -0.320. The molecule has 0 saturated heterocycles. The van der Waals surface area contributed by atoms with Crippen LogP contribution in [0.2, 0.25) is 0 Å². The number of hydrogen-bond acceptors (Lipinski definition) is 3. The number of nitrogens with one attached hydrogen (secondary N) is 3. The third-order valence-corrected chi connectivity index (χ3v) is 3.52. The fraction of sp³-hybridized carbons (Fsp3) is 0.200. The van der Waals surface area contributed by atoms with Gasteiger partial charge in [-0.05, 0) is 59.7 Å². The van der Waals surface area contributed by atoms with Crippen molar-refractivity contribution in [1.29, 1.82) is 0 Å². The van der Waals surface area contributed by atoms with Crippen LogP contribution >= 0.6 is 15.9 Å². The Morgan fingerprint density at radius 1 is 1.24 bits per heavy atom. The third kappa shape index (κ3) is 4.54. The summed E-state index contributed by atoms with van der Waals surface area (Å²) < 4.78 is 0.863. The fourth-order valence-electron chi connectivity index (χ4n) is 1.78. The molecule has 0 fully saturated rings. The molecule has 1 heterocycles. The van der Waals surface area contributed by atoms with E-state index in [0.29, 0.717) is 5.82 Å². The van der Waals surface area contributed by atoms with Gasteiger partial charge in [0.15, 0.2) is 0 Å². The van der Waals surface area contributed by atoms with Crippen LogP contribution in [-0.2, 0) is 0 Å². The van der Waals surface area contributed by atoms with Gasteiger partial charge in [-0.1, -0.05) is 12.1 Å². The van der Waals surface area contributed by atoms with Crippen molar-refractivity contribution < 1.29 is 4.79 Å². The molecule has 0 bridgehead atoms. The summed E-state index contributed by atoms with van der Waals surface area (Å²) in [6.07, 6.45) is 1.63. The molecule has 5 nitrogen and oxygen atoms in total. The van der Waals surface area contributed by atoms with Gasteiger partial charge in [0.05, 0.1) is 0 Å². The van der Waals surface area contributed by atoms with Crippen molar-refractivity contribution in [2.24, 2.45) is 0 Å². The van der Waals surface area contributed by atoms with Gasteiger partial charge in [-0.2, -0.15) is 0 Å². The SMILES string of the molecule is CNC(C)c1cccc(NC(=O)Nc2ccc(Br)cn2)c1. The van der Waals surface area contributed by atoms with Crippen LogP contribution in [0.4, 0.5) is 16.3 Å². The molecule has 0 spiro atoms. The first-order valence-corrected chi connectivity index (χ1v) is 7.34. The maximum Gasteiger partial charge on any atom is 0.324 e. The van der Waals surface area contributed by atoms with Crippen molar-refractivity contribution >= 4 is 33.5 Å². The van der Waals surface area contributed by atoms with E-state index >= 15 is 0 Å². The molecule has 21 heavy (non-hydrogen) atoms. The van der Waals surface area contributed by atoms with Crippen LogP contribution in [0.15, 0.2) is 47.1 Å². The van der Waals surface area contributed by atoms with Gasteiger partial charge in [-0.3, -0.25) is 5.32 Å². The molecular weight excluding hydrogens is 332 g/mol. The van der Waals surface area contributed by atoms with Crippen LogP contribution in [0.1, 0.15) is 18.5 Å². The number of rotatable bonds is 4. The van der Waals surface area contributed by atoms with E-state index in [2.05, 4.69) is 43.8 Å². The number of urea groups is 1. The molecule has 6 heteroatoms. The van der Waals surface area contributed by atoms with Crippen molar-refractivity contribution in [2.75, 3.05) is 17.7 Å². The highest BCUT2D eigenvalue weighted by Gasteiger charge is 2.06. The molecule has 0 aliphatic carbocycles. The summed E-state index contributed by atoms with van der Waals surface area (Å²) in [6, 6.07) is 11.2. The second-order valence-electron chi connectivity index (χ2n) is 4.58. The minimum absolute atomic E-state index is 0.225. The van der Waals surface area contributed by atoms with Crippen LogP contribution in [0.5, 0.6) is 0 Å². The number of carbonyl (C=O) groups excluding carboxylic acids is 1. The minimum Gasteiger partial charge on any atom is -0.313 e. The van der Waals surface area contributed by atoms with Gasteiger partial charge in [0.1, 0.15) is 5.82 Å². The van der Waals surface area contributed by atoms with E-state index in [4.69, 9.17) is 0 Å². The zero-order valence-electron chi connectivity index (χ0n) is 11.9. The molecule has 2 aromatic rings. The smallest absolute Gasteiger partial charge is 0.313 e. The van der Waals surface area contributed by atoms with Gasteiger partial charge in [-0.15, -0.1) is 0 Å². The summed E-state index contributed by atoms with van der Waals surface area (Å²) in [5.41, 5.74) is 1.85. The Bertz CT molecular complexity index is 615. The normalized spacial score (nSPS) is 11.8. The number of halogens is 1. The Kier molecular flexibility index (Phi) is 5.30. The standard InChI is InChI=1S/C15H17BrN4O/c1-10(17-2)11-4-3-5-13(8-11)19-15(21)20-14-7-6-12(16)9-18-14/h3-10,17H,1-2H3,(H2,18,19,20,21). The van der Waals surface area contributed by atoms with E-state index in [1.54, 1.807) is 12.3 Å². The van der Waals surface area contributed by atoms with E-state index in [9.17, 15) is 4.79 Å². The Hall–Kier alpha value is -1.92. The molecule has 2 amide bonds. The quantitative estimate of drug-likeness (QED) is 0.787. The van der Waals surface area contributed by atoms with Crippen LogP contribution in [0, 0.1) is 0 Å². The van der Waals surface area contributed by atoms with Crippen molar-refractivity contribution in [3.63, 3.8) is 0 Å². The second-order valence-corrected chi connectivity index (χ2v) is 5.49. The average molecular weight is 349 g/mol. The van der Waals surface area contributed by atoms with E-state index in [-0.39, 0.29) is 12.1 Å². The molecule has 1 unspecified atom stereocenters. The van der Waals surface area contributed by atoms with Gasteiger partial charge in [0, 0.05) is 22.4 Å². The zero-order chi connectivity index (χ0) is 15.2. The van der Waals surface area contributed by atoms with E-state index < -0.39 is 0 Å². The summed E-state index contributed by atoms with van der Waals surface area (Å²) in [5.74, 6) is 0.496. The molecule has 1 atom stereocenters.